The zero-order chi connectivity index (χ0) is 21.4. The number of esters is 1. The number of aliphatic hydroxyl groups is 1. The molecule has 0 aliphatic rings. The molecule has 6 nitrogen and oxygen atoms in total. The third-order valence-corrected chi connectivity index (χ3v) is 4.33. The number of nitrogens with zero attached hydrogens (tertiary/aromatic N) is 1. The molecule has 6 heteroatoms. The molecule has 0 aliphatic carbocycles. The number of ether oxygens (including phenoxy) is 2. The largest absolute Gasteiger partial charge is 0.459 e. The van der Waals surface area contributed by atoms with E-state index in [1.807, 2.05) is 60.7 Å². The first kappa shape index (κ1) is 22.4. The Bertz CT molecular complexity index is 784. The molecular weight excluding hydrogens is 370 g/mol. The van der Waals surface area contributed by atoms with Gasteiger partial charge in [0.15, 0.2) is 6.04 Å². The number of amides is 1. The van der Waals surface area contributed by atoms with E-state index in [1.54, 1.807) is 20.8 Å². The maximum Gasteiger partial charge on any atom is 0.411 e. The van der Waals surface area contributed by atoms with Crippen LogP contribution in [0.2, 0.25) is 0 Å². The van der Waals surface area contributed by atoms with Crippen molar-refractivity contribution in [3.8, 4) is 0 Å². The highest BCUT2D eigenvalue weighted by atomic mass is 16.6. The number of carbonyl (C=O) groups is 2. The summed E-state index contributed by atoms with van der Waals surface area (Å²) in [6.45, 7) is 6.90. The van der Waals surface area contributed by atoms with Crippen molar-refractivity contribution in [2.24, 2.45) is 0 Å². The molecule has 0 saturated carbocycles. The first-order valence-electron chi connectivity index (χ1n) is 9.59. The zero-order valence-electron chi connectivity index (χ0n) is 17.4. The van der Waals surface area contributed by atoms with Crippen LogP contribution in [0.15, 0.2) is 60.7 Å². The quantitative estimate of drug-likeness (QED) is 0.714. The summed E-state index contributed by atoms with van der Waals surface area (Å²) in [5, 5.41) is 10.3. The molecule has 0 fully saturated rings. The summed E-state index contributed by atoms with van der Waals surface area (Å²) < 4.78 is 10.8. The Morgan fingerprint density at radius 2 is 1.34 bits per heavy atom. The minimum atomic E-state index is -1.19. The Labute approximate surface area is 172 Å². The number of rotatable bonds is 7. The fourth-order valence-electron chi connectivity index (χ4n) is 2.93. The highest BCUT2D eigenvalue weighted by Crippen LogP contribution is 2.23. The Morgan fingerprint density at radius 1 is 0.897 bits per heavy atom. The molecule has 0 spiro atoms. The van der Waals surface area contributed by atoms with Crippen LogP contribution in [0.4, 0.5) is 4.79 Å². The second-order valence-corrected chi connectivity index (χ2v) is 7.86. The lowest BCUT2D eigenvalue weighted by Gasteiger charge is -2.40. The van der Waals surface area contributed by atoms with Crippen LogP contribution in [0.3, 0.4) is 0 Å². The number of benzene rings is 2. The molecule has 0 heterocycles. The van der Waals surface area contributed by atoms with Crippen molar-refractivity contribution in [1.82, 2.24) is 4.90 Å². The predicted molar refractivity (Wildman–Crippen MR) is 110 cm³/mol. The molecule has 0 aromatic heterocycles. The fourth-order valence-corrected chi connectivity index (χ4v) is 2.93. The van der Waals surface area contributed by atoms with Crippen LogP contribution in [-0.4, -0.2) is 39.8 Å². The van der Waals surface area contributed by atoms with Gasteiger partial charge in [0.05, 0.1) is 6.10 Å². The topological polar surface area (TPSA) is 76.1 Å². The molecule has 0 saturated heterocycles. The van der Waals surface area contributed by atoms with E-state index in [-0.39, 0.29) is 13.2 Å². The maximum atomic E-state index is 12.9. The molecule has 2 atom stereocenters. The SMILES string of the molecule is C[C@@H](O)[C@H](C(=O)OCc1ccccc1)N(C(=O)OCc1ccccc1)C(C)(C)C. The summed E-state index contributed by atoms with van der Waals surface area (Å²) in [6, 6.07) is 17.3. The fraction of sp³-hybridized carbons (Fsp3) is 0.391. The number of hydrogen-bond donors (Lipinski definition) is 1. The van der Waals surface area contributed by atoms with Crippen molar-refractivity contribution in [3.63, 3.8) is 0 Å². The monoisotopic (exact) mass is 399 g/mol. The molecule has 2 aromatic rings. The van der Waals surface area contributed by atoms with Gasteiger partial charge in [-0.1, -0.05) is 60.7 Å². The van der Waals surface area contributed by atoms with Gasteiger partial charge in [0, 0.05) is 5.54 Å². The lowest BCUT2D eigenvalue weighted by Crippen LogP contribution is -2.59. The van der Waals surface area contributed by atoms with E-state index in [0.717, 1.165) is 11.1 Å². The third kappa shape index (κ3) is 6.61. The van der Waals surface area contributed by atoms with E-state index >= 15 is 0 Å². The summed E-state index contributed by atoms with van der Waals surface area (Å²) in [4.78, 5) is 26.9. The second-order valence-electron chi connectivity index (χ2n) is 7.86. The molecule has 0 bridgehead atoms. The van der Waals surface area contributed by atoms with E-state index in [0.29, 0.717) is 0 Å². The average Bonchev–Trinajstić information content (AvgIpc) is 2.68. The lowest BCUT2D eigenvalue weighted by atomic mass is 10.0. The first-order chi connectivity index (χ1) is 13.7. The van der Waals surface area contributed by atoms with Crippen molar-refractivity contribution < 1.29 is 24.2 Å². The van der Waals surface area contributed by atoms with Crippen LogP contribution < -0.4 is 0 Å². The Balaban J connectivity index is 2.14. The molecule has 1 N–H and O–H groups in total. The van der Waals surface area contributed by atoms with Crippen molar-refractivity contribution >= 4 is 12.1 Å². The van der Waals surface area contributed by atoms with E-state index in [4.69, 9.17) is 9.47 Å². The Kier molecular flexibility index (Phi) is 7.79. The van der Waals surface area contributed by atoms with E-state index in [2.05, 4.69) is 0 Å². The van der Waals surface area contributed by atoms with Crippen LogP contribution >= 0.6 is 0 Å². The number of aliphatic hydroxyl groups excluding tert-OH is 1. The van der Waals surface area contributed by atoms with Crippen LogP contribution in [0, 0.1) is 0 Å². The Hall–Kier alpha value is -2.86. The molecule has 2 aromatic carbocycles. The zero-order valence-corrected chi connectivity index (χ0v) is 17.4. The van der Waals surface area contributed by atoms with Crippen LogP contribution in [0.5, 0.6) is 0 Å². The lowest BCUT2D eigenvalue weighted by molar-refractivity contribution is -0.157. The maximum absolute atomic E-state index is 12.9. The predicted octanol–water partition coefficient (Wildman–Crippen LogP) is 3.92. The third-order valence-electron chi connectivity index (χ3n) is 4.33. The van der Waals surface area contributed by atoms with Crippen LogP contribution in [0.25, 0.3) is 0 Å². The first-order valence-corrected chi connectivity index (χ1v) is 9.59. The van der Waals surface area contributed by atoms with Gasteiger partial charge in [0.25, 0.3) is 0 Å². The second kappa shape index (κ2) is 10.1. The van der Waals surface area contributed by atoms with Crippen molar-refractivity contribution in [2.45, 2.75) is 58.6 Å². The van der Waals surface area contributed by atoms with Gasteiger partial charge in [0.2, 0.25) is 0 Å². The molecule has 0 aliphatic heterocycles. The van der Waals surface area contributed by atoms with Gasteiger partial charge in [-0.3, -0.25) is 4.90 Å². The van der Waals surface area contributed by atoms with Gasteiger partial charge in [0.1, 0.15) is 13.2 Å². The minimum absolute atomic E-state index is 0.0555. The van der Waals surface area contributed by atoms with Crippen LogP contribution in [0.1, 0.15) is 38.8 Å². The highest BCUT2D eigenvalue weighted by Gasteiger charge is 2.42. The summed E-state index contributed by atoms with van der Waals surface area (Å²) in [5.41, 5.74) is 0.871. The van der Waals surface area contributed by atoms with E-state index < -0.39 is 29.7 Å². The van der Waals surface area contributed by atoms with Gasteiger partial charge in [-0.15, -0.1) is 0 Å². The molecule has 2 rings (SSSR count). The Morgan fingerprint density at radius 3 is 1.76 bits per heavy atom. The molecule has 29 heavy (non-hydrogen) atoms. The van der Waals surface area contributed by atoms with E-state index in [9.17, 15) is 14.7 Å². The van der Waals surface area contributed by atoms with Crippen molar-refractivity contribution in [3.05, 3.63) is 71.8 Å². The summed E-state index contributed by atoms with van der Waals surface area (Å²) in [5.74, 6) is -0.685. The molecular formula is C23H29NO5. The number of carbonyl (C=O) groups excluding carboxylic acids is 2. The standard InChI is InChI=1S/C23H29NO5/c1-17(25)20(21(26)28-15-18-11-7-5-8-12-18)24(23(2,3)4)22(27)29-16-19-13-9-6-10-14-19/h5-14,17,20,25H,15-16H2,1-4H3/t17-,20-/m1/s1. The van der Waals surface area contributed by atoms with Gasteiger partial charge in [-0.05, 0) is 38.8 Å². The molecule has 0 unspecified atom stereocenters. The highest BCUT2D eigenvalue weighted by molar-refractivity contribution is 5.82. The van der Waals surface area contributed by atoms with Gasteiger partial charge in [-0.2, -0.15) is 0 Å². The molecule has 1 amide bonds. The number of hydrogen-bond acceptors (Lipinski definition) is 5. The van der Waals surface area contributed by atoms with Gasteiger partial charge < -0.3 is 14.6 Å². The average molecular weight is 399 g/mol. The van der Waals surface area contributed by atoms with Gasteiger partial charge >= 0.3 is 12.1 Å². The summed E-state index contributed by atoms with van der Waals surface area (Å²) in [7, 11) is 0. The van der Waals surface area contributed by atoms with Gasteiger partial charge in [-0.25, -0.2) is 9.59 Å². The van der Waals surface area contributed by atoms with Crippen molar-refractivity contribution in [2.75, 3.05) is 0 Å². The van der Waals surface area contributed by atoms with E-state index in [1.165, 1.54) is 11.8 Å². The van der Waals surface area contributed by atoms with Crippen LogP contribution in [-0.2, 0) is 27.5 Å². The van der Waals surface area contributed by atoms with Crippen molar-refractivity contribution in [1.29, 1.82) is 0 Å². The summed E-state index contributed by atoms with van der Waals surface area (Å²) >= 11 is 0. The summed E-state index contributed by atoms with van der Waals surface area (Å²) in [6.07, 6.45) is -1.83. The molecule has 156 valence electrons. The minimum Gasteiger partial charge on any atom is -0.459 e. The smallest absolute Gasteiger partial charge is 0.411 e. The normalized spacial score (nSPS) is 13.3. The molecule has 0 radical (unpaired) electrons.